The fourth-order valence-electron chi connectivity index (χ4n) is 2.11. The molecular formula is C12H18ClN3. The van der Waals surface area contributed by atoms with E-state index >= 15 is 0 Å². The van der Waals surface area contributed by atoms with Crippen molar-refractivity contribution in [1.82, 2.24) is 4.90 Å². The van der Waals surface area contributed by atoms with Gasteiger partial charge < -0.3 is 10.6 Å². The van der Waals surface area contributed by atoms with E-state index in [0.29, 0.717) is 12.6 Å². The van der Waals surface area contributed by atoms with Crippen molar-refractivity contribution in [2.24, 2.45) is 5.73 Å². The number of anilines is 1. The van der Waals surface area contributed by atoms with E-state index in [1.807, 2.05) is 18.2 Å². The molecule has 1 aromatic carbocycles. The van der Waals surface area contributed by atoms with E-state index in [-0.39, 0.29) is 0 Å². The van der Waals surface area contributed by atoms with Crippen LogP contribution in [0.1, 0.15) is 0 Å². The molecule has 0 spiro atoms. The topological polar surface area (TPSA) is 32.5 Å². The van der Waals surface area contributed by atoms with Crippen molar-refractivity contribution in [3.05, 3.63) is 29.3 Å². The van der Waals surface area contributed by atoms with Crippen LogP contribution in [0, 0.1) is 0 Å². The van der Waals surface area contributed by atoms with Crippen molar-refractivity contribution < 1.29 is 0 Å². The van der Waals surface area contributed by atoms with Gasteiger partial charge in [-0.15, -0.1) is 0 Å². The Hall–Kier alpha value is -0.770. The molecule has 1 aliphatic heterocycles. The van der Waals surface area contributed by atoms with E-state index in [4.69, 9.17) is 17.3 Å². The van der Waals surface area contributed by atoms with E-state index in [9.17, 15) is 0 Å². The maximum absolute atomic E-state index is 6.00. The summed E-state index contributed by atoms with van der Waals surface area (Å²) in [5.74, 6) is 0. The summed E-state index contributed by atoms with van der Waals surface area (Å²) in [5, 5.41) is 0.792. The number of halogens is 1. The minimum atomic E-state index is 0.438. The lowest BCUT2D eigenvalue weighted by molar-refractivity contribution is 0.224. The number of piperazine rings is 1. The molecule has 1 fully saturated rings. The van der Waals surface area contributed by atoms with E-state index < -0.39 is 0 Å². The van der Waals surface area contributed by atoms with Gasteiger partial charge in [-0.2, -0.15) is 0 Å². The molecule has 2 N–H and O–H groups in total. The highest BCUT2D eigenvalue weighted by Crippen LogP contribution is 2.21. The van der Waals surface area contributed by atoms with Crippen molar-refractivity contribution in [3.8, 4) is 0 Å². The van der Waals surface area contributed by atoms with Crippen molar-refractivity contribution in [2.75, 3.05) is 38.1 Å². The average molecular weight is 240 g/mol. The van der Waals surface area contributed by atoms with Gasteiger partial charge in [0.15, 0.2) is 0 Å². The molecule has 3 nitrogen and oxygen atoms in total. The van der Waals surface area contributed by atoms with Crippen LogP contribution in [-0.4, -0.2) is 44.2 Å². The molecule has 0 saturated carbocycles. The minimum Gasteiger partial charge on any atom is -0.369 e. The molecule has 1 heterocycles. The van der Waals surface area contributed by atoms with Crippen molar-refractivity contribution >= 4 is 17.3 Å². The van der Waals surface area contributed by atoms with Gasteiger partial charge in [0.05, 0.1) is 0 Å². The second-order valence-electron chi connectivity index (χ2n) is 4.30. The Morgan fingerprint density at radius 1 is 1.44 bits per heavy atom. The summed E-state index contributed by atoms with van der Waals surface area (Å²) in [4.78, 5) is 4.67. The van der Waals surface area contributed by atoms with Gasteiger partial charge in [0, 0.05) is 42.9 Å². The van der Waals surface area contributed by atoms with Crippen LogP contribution in [0.2, 0.25) is 5.02 Å². The quantitative estimate of drug-likeness (QED) is 0.847. The maximum atomic E-state index is 6.00. The molecule has 0 aliphatic carbocycles. The Bertz CT molecular complexity index is 356. The molecular weight excluding hydrogens is 222 g/mol. The first-order valence-corrected chi connectivity index (χ1v) is 5.99. The number of benzene rings is 1. The van der Waals surface area contributed by atoms with Gasteiger partial charge in [-0.05, 0) is 25.2 Å². The highest BCUT2D eigenvalue weighted by atomic mass is 35.5. The van der Waals surface area contributed by atoms with Crippen LogP contribution >= 0.6 is 11.6 Å². The van der Waals surface area contributed by atoms with Crippen molar-refractivity contribution in [1.29, 1.82) is 0 Å². The molecule has 1 saturated heterocycles. The van der Waals surface area contributed by atoms with E-state index in [1.165, 1.54) is 5.69 Å². The third-order valence-corrected chi connectivity index (χ3v) is 3.46. The number of rotatable bonds is 2. The first kappa shape index (κ1) is 11.7. The Balaban J connectivity index is 2.11. The summed E-state index contributed by atoms with van der Waals surface area (Å²) in [5.41, 5.74) is 6.96. The number of likely N-dealkylation sites (N-methyl/N-ethyl adjacent to an activating group) is 1. The molecule has 0 aromatic heterocycles. The van der Waals surface area contributed by atoms with Gasteiger partial charge in [-0.1, -0.05) is 17.7 Å². The van der Waals surface area contributed by atoms with E-state index in [2.05, 4.69) is 22.9 Å². The van der Waals surface area contributed by atoms with E-state index in [0.717, 1.165) is 24.7 Å². The van der Waals surface area contributed by atoms with Gasteiger partial charge in [0.1, 0.15) is 0 Å². The summed E-state index contributed by atoms with van der Waals surface area (Å²) in [7, 11) is 2.13. The van der Waals surface area contributed by atoms with Crippen molar-refractivity contribution in [3.63, 3.8) is 0 Å². The molecule has 1 unspecified atom stereocenters. The summed E-state index contributed by atoms with van der Waals surface area (Å²) < 4.78 is 0. The molecule has 0 radical (unpaired) electrons. The van der Waals surface area contributed by atoms with Crippen LogP contribution in [0.5, 0.6) is 0 Å². The first-order chi connectivity index (χ1) is 7.70. The Kier molecular flexibility index (Phi) is 3.69. The molecule has 2 rings (SSSR count). The van der Waals surface area contributed by atoms with Gasteiger partial charge in [0.25, 0.3) is 0 Å². The summed E-state index contributed by atoms with van der Waals surface area (Å²) >= 11 is 6.00. The van der Waals surface area contributed by atoms with Gasteiger partial charge in [-0.25, -0.2) is 0 Å². The minimum absolute atomic E-state index is 0.438. The maximum Gasteiger partial charge on any atom is 0.0426 e. The Morgan fingerprint density at radius 2 is 2.25 bits per heavy atom. The van der Waals surface area contributed by atoms with Gasteiger partial charge in [-0.3, -0.25) is 4.90 Å². The van der Waals surface area contributed by atoms with Crippen LogP contribution < -0.4 is 10.6 Å². The summed E-state index contributed by atoms with van der Waals surface area (Å²) in [6, 6.07) is 8.45. The zero-order chi connectivity index (χ0) is 11.5. The zero-order valence-electron chi connectivity index (χ0n) is 9.56. The highest BCUT2D eigenvalue weighted by molar-refractivity contribution is 6.30. The van der Waals surface area contributed by atoms with Crippen LogP contribution in [0.15, 0.2) is 24.3 Å². The molecule has 1 aliphatic rings. The number of nitrogens with two attached hydrogens (primary N) is 1. The van der Waals surface area contributed by atoms with Crippen LogP contribution in [0.3, 0.4) is 0 Å². The molecule has 0 amide bonds. The van der Waals surface area contributed by atoms with Crippen LogP contribution in [0.4, 0.5) is 5.69 Å². The molecule has 1 aromatic rings. The lowest BCUT2D eigenvalue weighted by Crippen LogP contribution is -2.54. The van der Waals surface area contributed by atoms with Crippen LogP contribution in [0.25, 0.3) is 0 Å². The summed E-state index contributed by atoms with van der Waals surface area (Å²) in [6.45, 7) is 3.77. The second kappa shape index (κ2) is 5.04. The molecule has 1 atom stereocenters. The third-order valence-electron chi connectivity index (χ3n) is 3.22. The molecule has 88 valence electrons. The van der Waals surface area contributed by atoms with Gasteiger partial charge >= 0.3 is 0 Å². The normalized spacial score (nSPS) is 22.4. The number of nitrogens with zero attached hydrogens (tertiary/aromatic N) is 2. The van der Waals surface area contributed by atoms with Crippen LogP contribution in [-0.2, 0) is 0 Å². The molecule has 16 heavy (non-hydrogen) atoms. The average Bonchev–Trinajstić information content (AvgIpc) is 2.29. The zero-order valence-corrected chi connectivity index (χ0v) is 10.3. The molecule has 0 bridgehead atoms. The predicted octanol–water partition coefficient (Wildman–Crippen LogP) is 1.42. The predicted molar refractivity (Wildman–Crippen MR) is 69.1 cm³/mol. The highest BCUT2D eigenvalue weighted by Gasteiger charge is 2.23. The third kappa shape index (κ3) is 2.48. The second-order valence-corrected chi connectivity index (χ2v) is 4.73. The SMILES string of the molecule is CN1CCN(c2cccc(Cl)c2)CC1CN. The fourth-order valence-corrected chi connectivity index (χ4v) is 2.29. The van der Waals surface area contributed by atoms with E-state index in [1.54, 1.807) is 0 Å². The number of hydrogen-bond acceptors (Lipinski definition) is 3. The Morgan fingerprint density at radius 3 is 2.94 bits per heavy atom. The van der Waals surface area contributed by atoms with Gasteiger partial charge in [0.2, 0.25) is 0 Å². The van der Waals surface area contributed by atoms with Crippen molar-refractivity contribution in [2.45, 2.75) is 6.04 Å². The lowest BCUT2D eigenvalue weighted by atomic mass is 10.1. The number of hydrogen-bond donors (Lipinski definition) is 1. The largest absolute Gasteiger partial charge is 0.369 e. The fraction of sp³-hybridized carbons (Fsp3) is 0.500. The molecule has 4 heteroatoms. The first-order valence-electron chi connectivity index (χ1n) is 5.61. The summed E-state index contributed by atoms with van der Waals surface area (Å²) in [6.07, 6.45) is 0. The standard InChI is InChI=1S/C12H18ClN3/c1-15-5-6-16(9-12(15)8-14)11-4-2-3-10(13)7-11/h2-4,7,12H,5-6,8-9,14H2,1H3. The lowest BCUT2D eigenvalue weighted by Gasteiger charge is -2.40. The Labute approximate surface area is 102 Å². The monoisotopic (exact) mass is 239 g/mol. The smallest absolute Gasteiger partial charge is 0.0426 e.